The third-order valence-electron chi connectivity index (χ3n) is 4.91. The van der Waals surface area contributed by atoms with Gasteiger partial charge in [-0.2, -0.15) is 0 Å². The van der Waals surface area contributed by atoms with E-state index in [-0.39, 0.29) is 24.7 Å². The van der Waals surface area contributed by atoms with Gasteiger partial charge < -0.3 is 15.7 Å². The molecular weight excluding hydrogens is 316 g/mol. The van der Waals surface area contributed by atoms with Crippen molar-refractivity contribution >= 4 is 6.03 Å². The summed E-state index contributed by atoms with van der Waals surface area (Å²) in [7, 11) is 0. The first kappa shape index (κ1) is 19.7. The first-order valence-corrected chi connectivity index (χ1v) is 9.31. The standard InChI is InChI=1S/C19H32N4O2/c1-14(2)12-18(13-24)22-19(25)21-17-6-10-23(11-7-17)15(3)16-4-8-20-9-5-16/h4-5,8-9,14-15,17-18,24H,6-7,10-13H2,1-3H3,(H2,21,22,25). The molecule has 2 amide bonds. The molecule has 1 aromatic heterocycles. The van der Waals surface area contributed by atoms with Crippen LogP contribution in [0, 0.1) is 5.92 Å². The van der Waals surface area contributed by atoms with Crippen molar-refractivity contribution in [3.63, 3.8) is 0 Å². The highest BCUT2D eigenvalue weighted by Crippen LogP contribution is 2.23. The van der Waals surface area contributed by atoms with E-state index in [1.807, 2.05) is 12.4 Å². The molecule has 0 saturated carbocycles. The zero-order valence-electron chi connectivity index (χ0n) is 15.6. The van der Waals surface area contributed by atoms with Crippen LogP contribution < -0.4 is 10.6 Å². The number of likely N-dealkylation sites (tertiary alicyclic amines) is 1. The molecule has 140 valence electrons. The molecule has 0 bridgehead atoms. The Balaban J connectivity index is 1.75. The van der Waals surface area contributed by atoms with Crippen LogP contribution in [-0.4, -0.2) is 52.8 Å². The molecule has 1 aromatic rings. The molecule has 2 unspecified atom stereocenters. The SMILES string of the molecule is CC(C)CC(CO)NC(=O)NC1CCN(C(C)c2ccncc2)CC1. The normalized spacial score (nSPS) is 18.8. The van der Waals surface area contributed by atoms with Gasteiger partial charge in [0, 0.05) is 37.6 Å². The fraction of sp³-hybridized carbons (Fsp3) is 0.684. The lowest BCUT2D eigenvalue weighted by Gasteiger charge is -2.36. The third-order valence-corrected chi connectivity index (χ3v) is 4.91. The Kier molecular flexibility index (Phi) is 7.65. The van der Waals surface area contributed by atoms with Gasteiger partial charge in [0.1, 0.15) is 0 Å². The Morgan fingerprint density at radius 2 is 1.92 bits per heavy atom. The van der Waals surface area contributed by atoms with Crippen molar-refractivity contribution in [1.82, 2.24) is 20.5 Å². The minimum Gasteiger partial charge on any atom is -0.394 e. The minimum atomic E-state index is -0.174. The fourth-order valence-corrected chi connectivity index (χ4v) is 3.44. The molecular formula is C19H32N4O2. The van der Waals surface area contributed by atoms with Crippen LogP contribution in [0.2, 0.25) is 0 Å². The number of nitrogens with one attached hydrogen (secondary N) is 2. The van der Waals surface area contributed by atoms with Gasteiger partial charge in [0.05, 0.1) is 12.6 Å². The van der Waals surface area contributed by atoms with Crippen LogP contribution >= 0.6 is 0 Å². The largest absolute Gasteiger partial charge is 0.394 e. The monoisotopic (exact) mass is 348 g/mol. The van der Waals surface area contributed by atoms with Gasteiger partial charge in [-0.25, -0.2) is 4.79 Å². The van der Waals surface area contributed by atoms with Crippen LogP contribution in [0.25, 0.3) is 0 Å². The number of nitrogens with zero attached hydrogens (tertiary/aromatic N) is 2. The Morgan fingerprint density at radius 1 is 1.28 bits per heavy atom. The predicted octanol–water partition coefficient (Wildman–Crippen LogP) is 2.31. The van der Waals surface area contributed by atoms with Gasteiger partial charge in [-0.1, -0.05) is 13.8 Å². The van der Waals surface area contributed by atoms with E-state index >= 15 is 0 Å². The molecule has 2 heterocycles. The van der Waals surface area contributed by atoms with E-state index < -0.39 is 0 Å². The molecule has 1 aliphatic rings. The first-order valence-electron chi connectivity index (χ1n) is 9.31. The second-order valence-electron chi connectivity index (χ2n) is 7.39. The predicted molar refractivity (Wildman–Crippen MR) is 99.2 cm³/mol. The first-order chi connectivity index (χ1) is 12.0. The van der Waals surface area contributed by atoms with Crippen molar-refractivity contribution in [2.75, 3.05) is 19.7 Å². The summed E-state index contributed by atoms with van der Waals surface area (Å²) in [5.74, 6) is 0.440. The van der Waals surface area contributed by atoms with Crippen molar-refractivity contribution < 1.29 is 9.90 Å². The van der Waals surface area contributed by atoms with E-state index in [0.717, 1.165) is 32.4 Å². The third kappa shape index (κ3) is 6.29. The maximum Gasteiger partial charge on any atom is 0.315 e. The molecule has 1 saturated heterocycles. The Bertz CT molecular complexity index is 515. The molecule has 1 aliphatic heterocycles. The van der Waals surface area contributed by atoms with Crippen LogP contribution in [0.4, 0.5) is 4.79 Å². The number of aliphatic hydroxyl groups is 1. The highest BCUT2D eigenvalue weighted by atomic mass is 16.3. The zero-order chi connectivity index (χ0) is 18.2. The molecule has 2 atom stereocenters. The van der Waals surface area contributed by atoms with Gasteiger partial charge in [0.2, 0.25) is 0 Å². The second kappa shape index (κ2) is 9.73. The number of urea groups is 1. The van der Waals surface area contributed by atoms with Gasteiger partial charge in [0.25, 0.3) is 0 Å². The quantitative estimate of drug-likeness (QED) is 0.707. The number of pyridine rings is 1. The molecule has 0 radical (unpaired) electrons. The van der Waals surface area contributed by atoms with E-state index in [4.69, 9.17) is 0 Å². The van der Waals surface area contributed by atoms with E-state index in [9.17, 15) is 9.90 Å². The summed E-state index contributed by atoms with van der Waals surface area (Å²) in [6.45, 7) is 8.29. The van der Waals surface area contributed by atoms with E-state index in [2.05, 4.69) is 53.4 Å². The van der Waals surface area contributed by atoms with Gasteiger partial charge in [-0.15, -0.1) is 0 Å². The minimum absolute atomic E-state index is 0.0203. The fourth-order valence-electron chi connectivity index (χ4n) is 3.44. The number of piperidine rings is 1. The Morgan fingerprint density at radius 3 is 2.48 bits per heavy atom. The number of carbonyl (C=O) groups is 1. The van der Waals surface area contributed by atoms with Crippen LogP contribution in [0.1, 0.15) is 51.6 Å². The summed E-state index contributed by atoms with van der Waals surface area (Å²) in [6, 6.07) is 4.34. The van der Waals surface area contributed by atoms with Gasteiger partial charge in [-0.3, -0.25) is 9.88 Å². The van der Waals surface area contributed by atoms with E-state index in [0.29, 0.717) is 12.0 Å². The van der Waals surface area contributed by atoms with Crippen LogP contribution in [0.3, 0.4) is 0 Å². The van der Waals surface area contributed by atoms with E-state index in [1.165, 1.54) is 5.56 Å². The average Bonchev–Trinajstić information content (AvgIpc) is 2.61. The lowest BCUT2D eigenvalue weighted by atomic mass is 10.0. The number of carbonyl (C=O) groups excluding carboxylic acids is 1. The number of hydrogen-bond donors (Lipinski definition) is 3. The summed E-state index contributed by atoms with van der Waals surface area (Å²) < 4.78 is 0. The van der Waals surface area contributed by atoms with Crippen molar-refractivity contribution in [2.45, 2.75) is 58.2 Å². The number of rotatable bonds is 7. The average molecular weight is 348 g/mol. The Hall–Kier alpha value is -1.66. The zero-order valence-corrected chi connectivity index (χ0v) is 15.6. The van der Waals surface area contributed by atoms with Crippen molar-refractivity contribution in [3.8, 4) is 0 Å². The smallest absolute Gasteiger partial charge is 0.315 e. The molecule has 3 N–H and O–H groups in total. The van der Waals surface area contributed by atoms with Crippen LogP contribution in [-0.2, 0) is 0 Å². The van der Waals surface area contributed by atoms with Crippen molar-refractivity contribution in [2.24, 2.45) is 5.92 Å². The maximum atomic E-state index is 12.1. The highest BCUT2D eigenvalue weighted by molar-refractivity contribution is 5.74. The molecule has 6 heteroatoms. The lowest BCUT2D eigenvalue weighted by Crippen LogP contribution is -2.51. The van der Waals surface area contributed by atoms with E-state index in [1.54, 1.807) is 0 Å². The highest BCUT2D eigenvalue weighted by Gasteiger charge is 2.25. The summed E-state index contributed by atoms with van der Waals surface area (Å²) in [4.78, 5) is 18.7. The molecule has 0 aliphatic carbocycles. The number of aliphatic hydroxyl groups excluding tert-OH is 1. The summed E-state index contributed by atoms with van der Waals surface area (Å²) >= 11 is 0. The van der Waals surface area contributed by atoms with Gasteiger partial charge >= 0.3 is 6.03 Å². The number of hydrogen-bond acceptors (Lipinski definition) is 4. The van der Waals surface area contributed by atoms with Gasteiger partial charge in [-0.05, 0) is 49.8 Å². The molecule has 0 aromatic carbocycles. The molecule has 6 nitrogen and oxygen atoms in total. The van der Waals surface area contributed by atoms with Crippen LogP contribution in [0.15, 0.2) is 24.5 Å². The molecule has 25 heavy (non-hydrogen) atoms. The van der Waals surface area contributed by atoms with Crippen LogP contribution in [0.5, 0.6) is 0 Å². The van der Waals surface area contributed by atoms with Crippen molar-refractivity contribution in [1.29, 1.82) is 0 Å². The van der Waals surface area contributed by atoms with Crippen molar-refractivity contribution in [3.05, 3.63) is 30.1 Å². The summed E-state index contributed by atoms with van der Waals surface area (Å²) in [5.41, 5.74) is 1.28. The van der Waals surface area contributed by atoms with Gasteiger partial charge in [0.15, 0.2) is 0 Å². The number of amides is 2. The topological polar surface area (TPSA) is 77.5 Å². The lowest BCUT2D eigenvalue weighted by molar-refractivity contribution is 0.151. The maximum absolute atomic E-state index is 12.1. The number of aromatic nitrogens is 1. The summed E-state index contributed by atoms with van der Waals surface area (Å²) in [6.07, 6.45) is 6.33. The summed E-state index contributed by atoms with van der Waals surface area (Å²) in [5, 5.41) is 15.3. The molecule has 0 spiro atoms. The second-order valence-corrected chi connectivity index (χ2v) is 7.39. The molecule has 2 rings (SSSR count). The Labute approximate surface area is 151 Å². The molecule has 1 fully saturated rings.